The Labute approximate surface area is 111 Å². The maximum atomic E-state index is 12.5. The summed E-state index contributed by atoms with van der Waals surface area (Å²) < 4.78 is 30.2. The van der Waals surface area contributed by atoms with Crippen LogP contribution >= 0.6 is 0 Å². The van der Waals surface area contributed by atoms with E-state index < -0.39 is 20.5 Å². The van der Waals surface area contributed by atoms with Crippen molar-refractivity contribution in [2.75, 3.05) is 0 Å². The third-order valence-corrected chi connectivity index (χ3v) is 5.75. The average molecular weight is 273 g/mol. The van der Waals surface area contributed by atoms with E-state index in [1.165, 1.54) is 6.26 Å². The number of rotatable bonds is 3. The van der Waals surface area contributed by atoms with Gasteiger partial charge in [0.15, 0.2) is 9.84 Å². The van der Waals surface area contributed by atoms with Gasteiger partial charge in [0.2, 0.25) is 0 Å². The number of furan rings is 1. The van der Waals surface area contributed by atoms with Crippen LogP contribution in [0, 0.1) is 11.3 Å². The second-order valence-corrected chi connectivity index (χ2v) is 6.74. The van der Waals surface area contributed by atoms with Crippen molar-refractivity contribution in [2.24, 2.45) is 0 Å². The zero-order chi connectivity index (χ0) is 13.5. The second kappa shape index (κ2) is 3.97. The Morgan fingerprint density at radius 2 is 1.95 bits per heavy atom. The monoisotopic (exact) mass is 273 g/mol. The van der Waals surface area contributed by atoms with Crippen molar-refractivity contribution >= 4 is 9.84 Å². The zero-order valence-electron chi connectivity index (χ0n) is 9.98. The number of nitriles is 1. The molecule has 1 heterocycles. The first-order valence-electron chi connectivity index (χ1n) is 5.85. The van der Waals surface area contributed by atoms with Crippen LogP contribution in [-0.2, 0) is 15.3 Å². The van der Waals surface area contributed by atoms with E-state index in [0.717, 1.165) is 0 Å². The fourth-order valence-electron chi connectivity index (χ4n) is 2.35. The van der Waals surface area contributed by atoms with Crippen LogP contribution in [0.3, 0.4) is 0 Å². The Kier molecular flexibility index (Phi) is 2.51. The Hall–Kier alpha value is -2.06. The molecule has 5 heteroatoms. The number of benzene rings is 1. The standard InChI is InChI=1S/C14H11NO3S/c15-10-14(12-7-4-8-18-12)9-13(14)19(16,17)11-5-2-1-3-6-11/h1-8,13H,9H2/t13-,14+/m0/s1. The molecular weight excluding hydrogens is 262 g/mol. The summed E-state index contributed by atoms with van der Waals surface area (Å²) in [7, 11) is -3.49. The number of sulfone groups is 1. The maximum absolute atomic E-state index is 12.5. The number of hydrogen-bond donors (Lipinski definition) is 0. The van der Waals surface area contributed by atoms with Gasteiger partial charge in [-0.3, -0.25) is 0 Å². The van der Waals surface area contributed by atoms with Crippen LogP contribution in [0.1, 0.15) is 12.2 Å². The third-order valence-electron chi connectivity index (χ3n) is 3.50. The first-order chi connectivity index (χ1) is 9.11. The molecule has 1 aliphatic carbocycles. The molecule has 0 amide bonds. The summed E-state index contributed by atoms with van der Waals surface area (Å²) >= 11 is 0. The molecular formula is C14H11NO3S. The molecule has 0 saturated heterocycles. The normalized spacial score (nSPS) is 25.7. The lowest BCUT2D eigenvalue weighted by Gasteiger charge is -2.07. The van der Waals surface area contributed by atoms with Crippen LogP contribution in [-0.4, -0.2) is 13.7 Å². The lowest BCUT2D eigenvalue weighted by molar-refractivity contribution is 0.486. The molecule has 1 saturated carbocycles. The highest BCUT2D eigenvalue weighted by Gasteiger charge is 2.65. The highest BCUT2D eigenvalue weighted by molar-refractivity contribution is 7.92. The van der Waals surface area contributed by atoms with Gasteiger partial charge in [-0.05, 0) is 30.7 Å². The van der Waals surface area contributed by atoms with Crippen molar-refractivity contribution in [3.8, 4) is 6.07 Å². The smallest absolute Gasteiger partial charge is 0.183 e. The zero-order valence-corrected chi connectivity index (χ0v) is 10.8. The van der Waals surface area contributed by atoms with E-state index in [4.69, 9.17) is 4.42 Å². The van der Waals surface area contributed by atoms with Gasteiger partial charge in [0.1, 0.15) is 11.2 Å². The number of hydrogen-bond acceptors (Lipinski definition) is 4. The molecule has 96 valence electrons. The van der Waals surface area contributed by atoms with Gasteiger partial charge in [-0.15, -0.1) is 0 Å². The van der Waals surface area contributed by atoms with Gasteiger partial charge in [0, 0.05) is 0 Å². The Balaban J connectivity index is 2.01. The minimum Gasteiger partial charge on any atom is -0.468 e. The molecule has 1 aromatic carbocycles. The summed E-state index contributed by atoms with van der Waals surface area (Å²) in [6.45, 7) is 0. The predicted octanol–water partition coefficient (Wildman–Crippen LogP) is 2.29. The molecule has 0 spiro atoms. The molecule has 0 bridgehead atoms. The Morgan fingerprint density at radius 3 is 2.53 bits per heavy atom. The molecule has 0 radical (unpaired) electrons. The highest BCUT2D eigenvalue weighted by Crippen LogP contribution is 2.53. The summed E-state index contributed by atoms with van der Waals surface area (Å²) in [6.07, 6.45) is 1.74. The molecule has 1 aliphatic rings. The quantitative estimate of drug-likeness (QED) is 0.860. The minimum absolute atomic E-state index is 0.253. The van der Waals surface area contributed by atoms with Crippen molar-refractivity contribution in [1.82, 2.24) is 0 Å². The molecule has 4 nitrogen and oxygen atoms in total. The maximum Gasteiger partial charge on any atom is 0.183 e. The van der Waals surface area contributed by atoms with E-state index in [9.17, 15) is 13.7 Å². The van der Waals surface area contributed by atoms with Crippen molar-refractivity contribution in [2.45, 2.75) is 22.0 Å². The highest BCUT2D eigenvalue weighted by atomic mass is 32.2. The van der Waals surface area contributed by atoms with E-state index in [0.29, 0.717) is 5.76 Å². The van der Waals surface area contributed by atoms with Crippen LogP contribution in [0.5, 0.6) is 0 Å². The minimum atomic E-state index is -3.49. The second-order valence-electron chi connectivity index (χ2n) is 4.61. The van der Waals surface area contributed by atoms with Crippen molar-refractivity contribution in [3.05, 3.63) is 54.5 Å². The molecule has 1 aromatic heterocycles. The van der Waals surface area contributed by atoms with Crippen LogP contribution in [0.25, 0.3) is 0 Å². The van der Waals surface area contributed by atoms with E-state index in [1.807, 2.05) is 0 Å². The van der Waals surface area contributed by atoms with Gasteiger partial charge in [-0.2, -0.15) is 5.26 Å². The van der Waals surface area contributed by atoms with Gasteiger partial charge in [-0.1, -0.05) is 18.2 Å². The third kappa shape index (κ3) is 1.68. The molecule has 0 unspecified atom stereocenters. The fraction of sp³-hybridized carbons (Fsp3) is 0.214. The summed E-state index contributed by atoms with van der Waals surface area (Å²) in [5.74, 6) is 0.430. The largest absolute Gasteiger partial charge is 0.468 e. The van der Waals surface area contributed by atoms with E-state index in [-0.39, 0.29) is 11.3 Å². The molecule has 1 fully saturated rings. The molecule has 0 aliphatic heterocycles. The lowest BCUT2D eigenvalue weighted by Crippen LogP contribution is -2.18. The molecule has 19 heavy (non-hydrogen) atoms. The van der Waals surface area contributed by atoms with E-state index in [2.05, 4.69) is 6.07 Å². The van der Waals surface area contributed by atoms with Crippen LogP contribution < -0.4 is 0 Å². The first kappa shape index (κ1) is 12.0. The molecule has 0 N–H and O–H groups in total. The van der Waals surface area contributed by atoms with E-state index in [1.54, 1.807) is 42.5 Å². The van der Waals surface area contributed by atoms with Crippen LogP contribution in [0.2, 0.25) is 0 Å². The first-order valence-corrected chi connectivity index (χ1v) is 7.40. The molecule has 2 atom stereocenters. The lowest BCUT2D eigenvalue weighted by atomic mass is 10.1. The summed E-state index contributed by atoms with van der Waals surface area (Å²) in [5, 5.41) is 8.61. The predicted molar refractivity (Wildman–Crippen MR) is 68.0 cm³/mol. The topological polar surface area (TPSA) is 71.1 Å². The molecule has 2 aromatic rings. The summed E-state index contributed by atoms with van der Waals surface area (Å²) in [5.41, 5.74) is -1.03. The summed E-state index contributed by atoms with van der Waals surface area (Å²) in [4.78, 5) is 0.253. The van der Waals surface area contributed by atoms with Crippen molar-refractivity contribution in [1.29, 1.82) is 5.26 Å². The Bertz CT molecular complexity index is 729. The van der Waals surface area contributed by atoms with Crippen LogP contribution in [0.4, 0.5) is 0 Å². The van der Waals surface area contributed by atoms with Gasteiger partial charge in [0.05, 0.1) is 22.5 Å². The van der Waals surface area contributed by atoms with Gasteiger partial charge < -0.3 is 4.42 Å². The average Bonchev–Trinajstić information content (AvgIpc) is 2.96. The van der Waals surface area contributed by atoms with Gasteiger partial charge >= 0.3 is 0 Å². The fourth-order valence-corrected chi connectivity index (χ4v) is 4.39. The summed E-state index contributed by atoms with van der Waals surface area (Å²) in [6, 6.07) is 13.7. The van der Waals surface area contributed by atoms with E-state index >= 15 is 0 Å². The van der Waals surface area contributed by atoms with Crippen molar-refractivity contribution in [3.63, 3.8) is 0 Å². The van der Waals surface area contributed by atoms with Gasteiger partial charge in [0.25, 0.3) is 0 Å². The van der Waals surface area contributed by atoms with Crippen LogP contribution in [0.15, 0.2) is 58.0 Å². The van der Waals surface area contributed by atoms with Crippen molar-refractivity contribution < 1.29 is 12.8 Å². The van der Waals surface area contributed by atoms with Gasteiger partial charge in [-0.25, -0.2) is 8.42 Å². The molecule has 3 rings (SSSR count). The Morgan fingerprint density at radius 1 is 1.21 bits per heavy atom. The SMILES string of the molecule is N#C[C@@]1(c2ccco2)C[C@@H]1S(=O)(=O)c1ccccc1. The number of nitrogens with zero attached hydrogens (tertiary/aromatic N) is 1.